The second-order valence-corrected chi connectivity index (χ2v) is 16.9. The van der Waals surface area contributed by atoms with Gasteiger partial charge < -0.3 is 0 Å². The van der Waals surface area contributed by atoms with Crippen LogP contribution in [-0.2, 0) is 0 Å². The van der Waals surface area contributed by atoms with Crippen molar-refractivity contribution in [1.82, 2.24) is 0 Å². The van der Waals surface area contributed by atoms with Crippen LogP contribution in [-0.4, -0.2) is 5.66 Å². The van der Waals surface area contributed by atoms with Gasteiger partial charge in [-0.15, -0.1) is 0 Å². The van der Waals surface area contributed by atoms with Crippen LogP contribution in [0, 0.1) is 0 Å². The summed E-state index contributed by atoms with van der Waals surface area (Å²) in [5.74, 6) is 0. The van der Waals surface area contributed by atoms with Gasteiger partial charge in [-0.25, -0.2) is 0 Å². The molecule has 0 bridgehead atoms. The molecule has 0 unspecified atom stereocenters. The average Bonchev–Trinajstić information content (AvgIpc) is 2.63. The SMILES string of the molecule is CC(C)P(I)(c1ccccc1)(c1ccccc1)c1ccccc1. The van der Waals surface area contributed by atoms with Crippen molar-refractivity contribution in [3.8, 4) is 0 Å². The third kappa shape index (κ3) is 2.45. The van der Waals surface area contributed by atoms with E-state index in [1.165, 1.54) is 15.9 Å². The third-order valence-corrected chi connectivity index (χ3v) is 19.0. The first-order valence-electron chi connectivity index (χ1n) is 7.98. The second kappa shape index (κ2) is 6.37. The van der Waals surface area contributed by atoms with E-state index < -0.39 is 4.25 Å². The van der Waals surface area contributed by atoms with E-state index >= 15 is 0 Å². The molecule has 2 heteroatoms. The first-order chi connectivity index (χ1) is 11.1. The van der Waals surface area contributed by atoms with Gasteiger partial charge in [-0.05, 0) is 0 Å². The van der Waals surface area contributed by atoms with E-state index in [1.807, 2.05) is 0 Å². The summed E-state index contributed by atoms with van der Waals surface area (Å²) in [6.07, 6.45) is 0. The van der Waals surface area contributed by atoms with Gasteiger partial charge in [-0.1, -0.05) is 0 Å². The minimum atomic E-state index is -2.54. The number of halogens is 1. The van der Waals surface area contributed by atoms with Crippen molar-refractivity contribution < 1.29 is 0 Å². The van der Waals surface area contributed by atoms with Crippen LogP contribution in [0.1, 0.15) is 13.8 Å². The Morgan fingerprint density at radius 1 is 0.565 bits per heavy atom. The first kappa shape index (κ1) is 16.7. The van der Waals surface area contributed by atoms with Gasteiger partial charge in [0.15, 0.2) is 0 Å². The molecule has 0 aliphatic heterocycles. The minimum absolute atomic E-state index is 0.508. The molecule has 0 N–H and O–H groups in total. The molecule has 3 aromatic carbocycles. The molecule has 0 fully saturated rings. The predicted molar refractivity (Wildman–Crippen MR) is 114 cm³/mol. The zero-order valence-electron chi connectivity index (χ0n) is 13.6. The molecule has 118 valence electrons. The fraction of sp³-hybridized carbons (Fsp3) is 0.143. The monoisotopic (exact) mass is 432 g/mol. The molecule has 0 saturated carbocycles. The summed E-state index contributed by atoms with van der Waals surface area (Å²) in [6, 6.07) is 33.2. The summed E-state index contributed by atoms with van der Waals surface area (Å²) in [4.78, 5) is 0. The van der Waals surface area contributed by atoms with Gasteiger partial charge in [-0.2, -0.15) is 0 Å². The van der Waals surface area contributed by atoms with Crippen molar-refractivity contribution >= 4 is 42.2 Å². The molecule has 3 aromatic rings. The number of hydrogen-bond acceptors (Lipinski definition) is 0. The van der Waals surface area contributed by atoms with Gasteiger partial charge >= 0.3 is 153 Å². The average molecular weight is 432 g/mol. The van der Waals surface area contributed by atoms with Crippen molar-refractivity contribution in [2.45, 2.75) is 19.5 Å². The Morgan fingerprint density at radius 2 is 0.826 bits per heavy atom. The Kier molecular flexibility index (Phi) is 4.62. The van der Waals surface area contributed by atoms with E-state index in [0.717, 1.165) is 0 Å². The second-order valence-electron chi connectivity index (χ2n) is 6.17. The zero-order chi connectivity index (χ0) is 16.4. The summed E-state index contributed by atoms with van der Waals surface area (Å²) in [5, 5.41) is 4.35. The molecule has 0 heterocycles. The number of hydrogen-bond donors (Lipinski definition) is 0. The molecular weight excluding hydrogens is 410 g/mol. The van der Waals surface area contributed by atoms with Gasteiger partial charge in [0.05, 0.1) is 0 Å². The van der Waals surface area contributed by atoms with Crippen molar-refractivity contribution in [3.05, 3.63) is 91.0 Å². The van der Waals surface area contributed by atoms with Gasteiger partial charge in [0.2, 0.25) is 0 Å². The molecular formula is C21H22IP. The Balaban J connectivity index is 2.47. The standard InChI is InChI=1S/C21H22IP/c1-18(2)23(22,19-12-6-3-7-13-19,20-14-8-4-9-15-20)21-16-10-5-11-17-21/h3-18H,1-2H3. The van der Waals surface area contributed by atoms with Crippen molar-refractivity contribution in [1.29, 1.82) is 0 Å². The van der Waals surface area contributed by atoms with Crippen LogP contribution in [0.3, 0.4) is 0 Å². The summed E-state index contributed by atoms with van der Waals surface area (Å²) in [6.45, 7) is 4.74. The van der Waals surface area contributed by atoms with Crippen LogP contribution in [0.2, 0.25) is 0 Å². The van der Waals surface area contributed by atoms with Crippen molar-refractivity contribution in [3.63, 3.8) is 0 Å². The van der Waals surface area contributed by atoms with Crippen LogP contribution in [0.5, 0.6) is 0 Å². The van der Waals surface area contributed by atoms with E-state index in [2.05, 4.69) is 127 Å². The van der Waals surface area contributed by atoms with E-state index in [-0.39, 0.29) is 0 Å². The topological polar surface area (TPSA) is 0 Å². The van der Waals surface area contributed by atoms with E-state index in [1.54, 1.807) is 0 Å². The summed E-state index contributed by atoms with van der Waals surface area (Å²) >= 11 is 2.83. The summed E-state index contributed by atoms with van der Waals surface area (Å²) < 4.78 is -2.54. The first-order valence-corrected chi connectivity index (χ1v) is 13.1. The van der Waals surface area contributed by atoms with Gasteiger partial charge in [-0.3, -0.25) is 0 Å². The normalized spacial score (nSPS) is 13.5. The Labute approximate surface area is 152 Å². The quantitative estimate of drug-likeness (QED) is 0.389. The number of rotatable bonds is 4. The van der Waals surface area contributed by atoms with Crippen LogP contribution in [0.15, 0.2) is 91.0 Å². The predicted octanol–water partition coefficient (Wildman–Crippen LogP) is 5.27. The van der Waals surface area contributed by atoms with Gasteiger partial charge in [0.25, 0.3) is 0 Å². The zero-order valence-corrected chi connectivity index (χ0v) is 16.6. The molecule has 0 aromatic heterocycles. The molecule has 0 atom stereocenters. The van der Waals surface area contributed by atoms with E-state index in [4.69, 9.17) is 0 Å². The van der Waals surface area contributed by atoms with Crippen LogP contribution >= 0.6 is 26.3 Å². The van der Waals surface area contributed by atoms with Gasteiger partial charge in [0.1, 0.15) is 0 Å². The Bertz CT molecular complexity index is 667. The van der Waals surface area contributed by atoms with Crippen LogP contribution in [0.4, 0.5) is 0 Å². The Hall–Kier alpha value is -1.18. The molecule has 0 aliphatic rings. The maximum absolute atomic E-state index is 2.83. The molecule has 0 radical (unpaired) electrons. The van der Waals surface area contributed by atoms with Crippen molar-refractivity contribution in [2.24, 2.45) is 0 Å². The fourth-order valence-corrected chi connectivity index (χ4v) is 11.3. The molecule has 23 heavy (non-hydrogen) atoms. The molecule has 0 nitrogen and oxygen atoms in total. The van der Waals surface area contributed by atoms with Gasteiger partial charge in [0, 0.05) is 0 Å². The van der Waals surface area contributed by atoms with Crippen molar-refractivity contribution in [2.75, 3.05) is 0 Å². The molecule has 3 rings (SSSR count). The molecule has 0 aliphatic carbocycles. The summed E-state index contributed by atoms with van der Waals surface area (Å²) in [7, 11) is 0. The van der Waals surface area contributed by atoms with E-state index in [0.29, 0.717) is 5.66 Å². The number of benzene rings is 3. The third-order valence-electron chi connectivity index (χ3n) is 4.75. The molecule has 0 amide bonds. The molecule has 0 saturated heterocycles. The Morgan fingerprint density at radius 3 is 1.04 bits per heavy atom. The molecule has 0 spiro atoms. The fourth-order valence-electron chi connectivity index (χ4n) is 3.50. The maximum atomic E-state index is 2.83. The van der Waals surface area contributed by atoms with Crippen LogP contribution < -0.4 is 15.9 Å². The van der Waals surface area contributed by atoms with Crippen LogP contribution in [0.25, 0.3) is 0 Å². The van der Waals surface area contributed by atoms with E-state index in [9.17, 15) is 0 Å². The summed E-state index contributed by atoms with van der Waals surface area (Å²) in [5.41, 5.74) is 0.508.